The predicted octanol–water partition coefficient (Wildman–Crippen LogP) is 6.35. The van der Waals surface area contributed by atoms with Gasteiger partial charge in [-0.1, -0.05) is 23.3 Å². The number of morpholine rings is 1. The molecule has 10 nitrogen and oxygen atoms in total. The molecule has 8 rings (SSSR count). The lowest BCUT2D eigenvalue weighted by atomic mass is 9.56. The molecule has 3 saturated heterocycles. The second-order valence-electron chi connectivity index (χ2n) is 13.9. The van der Waals surface area contributed by atoms with Gasteiger partial charge in [0.05, 0.1) is 42.9 Å². The van der Waals surface area contributed by atoms with Gasteiger partial charge in [-0.05, 0) is 60.7 Å². The van der Waals surface area contributed by atoms with Crippen LogP contribution in [0.25, 0.3) is 0 Å². The number of halogens is 8. The molecule has 6 atom stereocenters. The van der Waals surface area contributed by atoms with Crippen LogP contribution in [0.1, 0.15) is 24.3 Å². The molecular weight excluding hydrogens is 800 g/mol. The van der Waals surface area contributed by atoms with Crippen LogP contribution in [0.4, 0.5) is 39.0 Å². The molecule has 4 amide bonds. The van der Waals surface area contributed by atoms with Crippen LogP contribution in [-0.2, 0) is 23.9 Å². The second-order valence-corrected chi connectivity index (χ2v) is 15.5. The lowest BCUT2D eigenvalue weighted by molar-refractivity contribution is -0.125. The van der Waals surface area contributed by atoms with Crippen LogP contribution in [0.3, 0.4) is 0 Å². The normalized spacial score (nSPS) is 29.0. The lowest BCUT2D eigenvalue weighted by Crippen LogP contribution is -2.60. The van der Waals surface area contributed by atoms with Gasteiger partial charge in [0, 0.05) is 24.7 Å². The third-order valence-corrected chi connectivity index (χ3v) is 13.0. The molecule has 55 heavy (non-hydrogen) atoms. The minimum Gasteiger partial charge on any atom is -0.503 e. The van der Waals surface area contributed by atoms with Crippen molar-refractivity contribution in [2.75, 3.05) is 48.1 Å². The Kier molecular flexibility index (Phi) is 8.91. The summed E-state index contributed by atoms with van der Waals surface area (Å²) < 4.78 is 84.5. The van der Waals surface area contributed by atoms with Gasteiger partial charge in [-0.2, -0.15) is 0 Å². The van der Waals surface area contributed by atoms with Gasteiger partial charge in [-0.25, -0.2) is 26.9 Å². The van der Waals surface area contributed by atoms with E-state index in [2.05, 4.69) is 4.90 Å². The van der Waals surface area contributed by atoms with E-state index in [0.717, 1.165) is 10.6 Å². The zero-order valence-electron chi connectivity index (χ0n) is 28.4. The Morgan fingerprint density at radius 1 is 0.818 bits per heavy atom. The number of hydrogen-bond donors (Lipinski definition) is 1. The monoisotopic (exact) mass is 825 g/mol. The van der Waals surface area contributed by atoms with Gasteiger partial charge < -0.3 is 19.5 Å². The van der Waals surface area contributed by atoms with Crippen molar-refractivity contribution in [1.82, 2.24) is 0 Å². The molecule has 0 radical (unpaired) electrons. The molecule has 1 N–H and O–H groups in total. The Labute approximate surface area is 323 Å². The zero-order chi connectivity index (χ0) is 39.5. The third-order valence-electron chi connectivity index (χ3n) is 11.3. The Balaban J connectivity index is 1.27. The number of nitrogens with zero attached hydrogens (tertiary/aromatic N) is 3. The first kappa shape index (κ1) is 37.5. The molecule has 3 aromatic carbocycles. The third kappa shape index (κ3) is 5.08. The number of amides is 4. The number of benzene rings is 3. The van der Waals surface area contributed by atoms with Crippen molar-refractivity contribution in [2.24, 2.45) is 17.8 Å². The van der Waals surface area contributed by atoms with Gasteiger partial charge in [0.25, 0.3) is 11.8 Å². The molecule has 288 valence electrons. The summed E-state index contributed by atoms with van der Waals surface area (Å²) in [4.78, 5) is 54.8. The molecule has 3 aromatic rings. The van der Waals surface area contributed by atoms with E-state index in [1.807, 2.05) is 0 Å². The van der Waals surface area contributed by atoms with Crippen LogP contribution in [0.2, 0.25) is 5.02 Å². The van der Waals surface area contributed by atoms with E-state index in [-0.39, 0.29) is 38.9 Å². The van der Waals surface area contributed by atoms with Crippen molar-refractivity contribution in [2.45, 2.75) is 28.5 Å². The van der Waals surface area contributed by atoms with Gasteiger partial charge >= 0.3 is 0 Å². The summed E-state index contributed by atoms with van der Waals surface area (Å²) in [5.41, 5.74) is -0.600. The van der Waals surface area contributed by atoms with Crippen LogP contribution >= 0.6 is 34.8 Å². The molecule has 5 aliphatic rings. The molecule has 3 aliphatic heterocycles. The van der Waals surface area contributed by atoms with E-state index >= 15 is 8.78 Å². The topological polar surface area (TPSA) is 117 Å². The number of methoxy groups -OCH3 is 1. The fraction of sp³-hybridized carbons (Fsp3) is 0.351. The lowest BCUT2D eigenvalue weighted by Gasteiger charge is -2.50. The number of aromatic hydroxyl groups is 1. The van der Waals surface area contributed by atoms with Gasteiger partial charge in [-0.3, -0.25) is 24.1 Å². The second kappa shape index (κ2) is 13.1. The van der Waals surface area contributed by atoms with Crippen molar-refractivity contribution in [3.63, 3.8) is 0 Å². The standard InChI is InChI=1S/C37H27Cl3F5N3O7/c1-54-22-13-15(12-21(38)31(22)49)24-18-6-7-19-23(33(51)47(32(19)50)17-4-2-16(3-5-17)46-8-10-55-11-9-46)20(18)14-36(39)34(52)48(35(53)37(24,36)40)30-28(44)26(42)25(41)27(43)29(30)45/h2-6,12-13,19-20,23-24,49H,7-11,14H2,1H3. The van der Waals surface area contributed by atoms with Gasteiger partial charge in [0.1, 0.15) is 5.69 Å². The Bertz CT molecular complexity index is 2230. The maximum Gasteiger partial charge on any atom is 0.258 e. The Morgan fingerprint density at radius 2 is 1.42 bits per heavy atom. The number of rotatable bonds is 5. The van der Waals surface area contributed by atoms with Crippen LogP contribution in [0.15, 0.2) is 48.0 Å². The number of allylic oxidation sites excluding steroid dienone is 2. The molecule has 18 heteroatoms. The fourth-order valence-corrected chi connectivity index (χ4v) is 9.90. The highest BCUT2D eigenvalue weighted by Gasteiger charge is 2.77. The summed E-state index contributed by atoms with van der Waals surface area (Å²) in [6.45, 7) is 2.36. The molecule has 1 saturated carbocycles. The van der Waals surface area contributed by atoms with Gasteiger partial charge in [-0.15, -0.1) is 23.2 Å². The number of carbonyl (C=O) groups is 4. The van der Waals surface area contributed by atoms with Crippen molar-refractivity contribution < 1.29 is 55.7 Å². The smallest absolute Gasteiger partial charge is 0.258 e. The van der Waals surface area contributed by atoms with Crippen LogP contribution < -0.4 is 19.4 Å². The van der Waals surface area contributed by atoms with Crippen molar-refractivity contribution >= 4 is 75.5 Å². The number of ether oxygens (including phenoxy) is 2. The molecule has 0 bridgehead atoms. The van der Waals surface area contributed by atoms with Crippen molar-refractivity contribution in [1.29, 1.82) is 0 Å². The average molecular weight is 827 g/mol. The number of phenolic OH excluding ortho intramolecular Hbond substituents is 1. The minimum atomic E-state index is -2.77. The van der Waals surface area contributed by atoms with E-state index in [0.29, 0.717) is 26.3 Å². The largest absolute Gasteiger partial charge is 0.503 e. The van der Waals surface area contributed by atoms with E-state index < -0.39 is 104 Å². The first-order valence-electron chi connectivity index (χ1n) is 16.9. The summed E-state index contributed by atoms with van der Waals surface area (Å²) in [6, 6.07) is 9.15. The molecule has 6 unspecified atom stereocenters. The summed E-state index contributed by atoms with van der Waals surface area (Å²) in [7, 11) is 1.19. The van der Waals surface area contributed by atoms with Crippen molar-refractivity contribution in [3.05, 3.63) is 87.7 Å². The van der Waals surface area contributed by atoms with E-state index in [4.69, 9.17) is 44.3 Å². The fourth-order valence-electron chi connectivity index (χ4n) is 8.75. The van der Waals surface area contributed by atoms with Crippen LogP contribution in [0, 0.1) is 46.8 Å². The number of phenols is 1. The Hall–Kier alpha value is -4.44. The molecule has 3 heterocycles. The average Bonchev–Trinajstić information content (AvgIpc) is 3.52. The van der Waals surface area contributed by atoms with Crippen molar-refractivity contribution in [3.8, 4) is 11.5 Å². The summed E-state index contributed by atoms with van der Waals surface area (Å²) in [5, 5.41) is 10.2. The summed E-state index contributed by atoms with van der Waals surface area (Å²) in [6.07, 6.45) is 0.817. The predicted molar refractivity (Wildman–Crippen MR) is 188 cm³/mol. The molecule has 0 aromatic heterocycles. The molecule has 0 spiro atoms. The maximum atomic E-state index is 15.3. The summed E-state index contributed by atoms with van der Waals surface area (Å²) in [5.74, 6) is -22.6. The molecule has 2 aliphatic carbocycles. The first-order valence-corrected chi connectivity index (χ1v) is 18.1. The maximum absolute atomic E-state index is 15.3. The first-order chi connectivity index (χ1) is 26.1. The van der Waals surface area contributed by atoms with Crippen LogP contribution in [-0.4, -0.2) is 71.9 Å². The van der Waals surface area contributed by atoms with Gasteiger partial charge in [0.15, 0.2) is 44.5 Å². The quantitative estimate of drug-likeness (QED) is 0.0791. The summed E-state index contributed by atoms with van der Waals surface area (Å²) >= 11 is 20.7. The van der Waals surface area contributed by atoms with E-state index in [1.165, 1.54) is 19.2 Å². The molecule has 4 fully saturated rings. The highest BCUT2D eigenvalue weighted by atomic mass is 35.5. The number of fused-ring (bicyclic) bond motifs is 4. The number of anilines is 3. The minimum absolute atomic E-state index is 0.0261. The molecular formula is C37H27Cl3F5N3O7. The highest BCUT2D eigenvalue weighted by molar-refractivity contribution is 6.58. The Morgan fingerprint density at radius 3 is 2.04 bits per heavy atom. The number of hydrogen-bond acceptors (Lipinski definition) is 8. The number of imide groups is 2. The highest BCUT2D eigenvalue weighted by Crippen LogP contribution is 2.66. The van der Waals surface area contributed by atoms with E-state index in [9.17, 15) is 37.5 Å². The SMILES string of the molecule is COc1cc(C2C3=CCC4C(=O)N(c5ccc(N6CCOCC6)cc5)C(=O)C4C3CC3(Cl)C(=O)N(c4c(F)c(F)c(F)c(F)c4F)C(=O)C23Cl)cc(Cl)c1O. The number of carbonyl (C=O) groups excluding carboxylic acids is 4. The van der Waals surface area contributed by atoms with E-state index in [1.54, 1.807) is 30.3 Å². The van der Waals surface area contributed by atoms with Gasteiger partial charge in [0.2, 0.25) is 17.6 Å². The zero-order valence-corrected chi connectivity index (χ0v) is 30.6. The number of alkyl halides is 2. The van der Waals surface area contributed by atoms with Crippen LogP contribution in [0.5, 0.6) is 11.5 Å².